The van der Waals surface area contributed by atoms with E-state index in [-0.39, 0.29) is 11.5 Å². The first-order chi connectivity index (χ1) is 6.44. The number of benzene rings is 1. The van der Waals surface area contributed by atoms with Crippen molar-refractivity contribution in [2.45, 2.75) is 12.7 Å². The van der Waals surface area contributed by atoms with Gasteiger partial charge in [-0.2, -0.15) is 0 Å². The molecule has 14 heavy (non-hydrogen) atoms. The molecule has 0 radical (unpaired) electrons. The van der Waals surface area contributed by atoms with Crippen LogP contribution in [0.25, 0.3) is 0 Å². The molecule has 5 heteroatoms. The van der Waals surface area contributed by atoms with Crippen LogP contribution >= 0.6 is 11.6 Å². The number of rotatable bonds is 3. The molecule has 0 spiro atoms. The van der Waals surface area contributed by atoms with E-state index in [0.29, 0.717) is 16.3 Å². The molecular weight excluding hydrogens is 222 g/mol. The third kappa shape index (κ3) is 2.89. The second kappa shape index (κ2) is 4.19. The fourth-order valence-electron chi connectivity index (χ4n) is 1.04. The number of nitrogen functional groups attached to an aromatic ring is 1. The van der Waals surface area contributed by atoms with Gasteiger partial charge in [-0.3, -0.25) is 0 Å². The summed E-state index contributed by atoms with van der Waals surface area (Å²) in [6.45, 7) is 1.61. The molecule has 0 aromatic heterocycles. The average Bonchev–Trinajstić information content (AvgIpc) is 2.11. The van der Waals surface area contributed by atoms with Crippen molar-refractivity contribution in [2.75, 3.05) is 11.5 Å². The van der Waals surface area contributed by atoms with E-state index in [0.717, 1.165) is 0 Å². The predicted molar refractivity (Wildman–Crippen MR) is 59.0 cm³/mol. The molecule has 0 fully saturated rings. The summed E-state index contributed by atoms with van der Waals surface area (Å²) >= 11 is 5.84. The van der Waals surface area contributed by atoms with Crippen LogP contribution in [0.3, 0.4) is 0 Å². The highest BCUT2D eigenvalue weighted by atomic mass is 35.5. The van der Waals surface area contributed by atoms with Gasteiger partial charge in [0.15, 0.2) is 9.84 Å². The third-order valence-corrected chi connectivity index (χ3v) is 3.88. The molecule has 1 aromatic carbocycles. The molecule has 78 valence electrons. The molecule has 0 heterocycles. The topological polar surface area (TPSA) is 60.2 Å². The molecule has 0 aliphatic heterocycles. The number of anilines is 1. The minimum Gasteiger partial charge on any atom is -0.399 e. The number of sulfone groups is 1. The monoisotopic (exact) mass is 233 g/mol. The second-order valence-corrected chi connectivity index (χ2v) is 5.79. The lowest BCUT2D eigenvalue weighted by molar-refractivity contribution is 0.596. The summed E-state index contributed by atoms with van der Waals surface area (Å²) in [4.78, 5) is 0. The summed E-state index contributed by atoms with van der Waals surface area (Å²) in [5.74, 6) is 0.0610. The Morgan fingerprint density at radius 1 is 1.43 bits per heavy atom. The lowest BCUT2D eigenvalue weighted by Gasteiger charge is -2.05. The molecule has 1 rings (SSSR count). The lowest BCUT2D eigenvalue weighted by atomic mass is 10.2. The van der Waals surface area contributed by atoms with E-state index in [4.69, 9.17) is 17.3 Å². The van der Waals surface area contributed by atoms with Crippen LogP contribution in [-0.2, 0) is 15.6 Å². The molecule has 0 atom stereocenters. The minimum absolute atomic E-state index is 0.0482. The van der Waals surface area contributed by atoms with Crippen LogP contribution in [0.5, 0.6) is 0 Å². The van der Waals surface area contributed by atoms with Crippen LogP contribution in [0, 0.1) is 0 Å². The maximum atomic E-state index is 11.3. The van der Waals surface area contributed by atoms with Crippen molar-refractivity contribution in [3.05, 3.63) is 28.8 Å². The van der Waals surface area contributed by atoms with E-state index in [9.17, 15) is 8.42 Å². The van der Waals surface area contributed by atoms with E-state index in [1.54, 1.807) is 25.1 Å². The van der Waals surface area contributed by atoms with Crippen molar-refractivity contribution in [3.8, 4) is 0 Å². The fourth-order valence-corrected chi connectivity index (χ4v) is 2.22. The lowest BCUT2D eigenvalue weighted by Crippen LogP contribution is -2.07. The quantitative estimate of drug-likeness (QED) is 0.811. The van der Waals surface area contributed by atoms with Crippen molar-refractivity contribution in [1.82, 2.24) is 0 Å². The van der Waals surface area contributed by atoms with Crippen LogP contribution in [0.4, 0.5) is 5.69 Å². The largest absolute Gasteiger partial charge is 0.399 e. The van der Waals surface area contributed by atoms with E-state index in [1.165, 1.54) is 0 Å². The first kappa shape index (κ1) is 11.3. The van der Waals surface area contributed by atoms with Gasteiger partial charge in [0, 0.05) is 16.5 Å². The van der Waals surface area contributed by atoms with E-state index in [2.05, 4.69) is 0 Å². The van der Waals surface area contributed by atoms with Gasteiger partial charge in [-0.25, -0.2) is 8.42 Å². The molecule has 2 N–H and O–H groups in total. The molecular formula is C9H12ClNO2S. The number of hydrogen-bond acceptors (Lipinski definition) is 3. The Balaban J connectivity index is 3.03. The van der Waals surface area contributed by atoms with Gasteiger partial charge in [0.05, 0.1) is 5.75 Å². The standard InChI is InChI=1S/C9H12ClNO2S/c1-2-14(12,13)6-7-5-8(11)3-4-9(7)10/h3-5H,2,6,11H2,1H3. The van der Waals surface area contributed by atoms with Crippen molar-refractivity contribution < 1.29 is 8.42 Å². The predicted octanol–water partition coefficient (Wildman–Crippen LogP) is 1.86. The summed E-state index contributed by atoms with van der Waals surface area (Å²) in [6.07, 6.45) is 0. The molecule has 0 saturated heterocycles. The van der Waals surface area contributed by atoms with Gasteiger partial charge >= 0.3 is 0 Å². The summed E-state index contributed by atoms with van der Waals surface area (Å²) < 4.78 is 22.7. The fraction of sp³-hybridized carbons (Fsp3) is 0.333. The summed E-state index contributed by atoms with van der Waals surface area (Å²) in [6, 6.07) is 4.84. The van der Waals surface area contributed by atoms with Crippen molar-refractivity contribution in [1.29, 1.82) is 0 Å². The van der Waals surface area contributed by atoms with Crippen molar-refractivity contribution >= 4 is 27.1 Å². The van der Waals surface area contributed by atoms with E-state index >= 15 is 0 Å². The summed E-state index contributed by atoms with van der Waals surface area (Å²) in [5.41, 5.74) is 6.62. The highest BCUT2D eigenvalue weighted by Gasteiger charge is 2.11. The minimum atomic E-state index is -3.05. The normalized spacial score (nSPS) is 11.6. The van der Waals surface area contributed by atoms with Gasteiger partial charge in [0.2, 0.25) is 0 Å². The number of hydrogen-bond donors (Lipinski definition) is 1. The van der Waals surface area contributed by atoms with Crippen LogP contribution in [0.1, 0.15) is 12.5 Å². The Morgan fingerprint density at radius 2 is 2.07 bits per heavy atom. The average molecular weight is 234 g/mol. The van der Waals surface area contributed by atoms with Gasteiger partial charge in [0.1, 0.15) is 0 Å². The maximum Gasteiger partial charge on any atom is 0.154 e. The molecule has 0 amide bonds. The Kier molecular flexibility index (Phi) is 3.39. The summed E-state index contributed by atoms with van der Waals surface area (Å²) in [5, 5.41) is 0.441. The molecule has 0 bridgehead atoms. The summed E-state index contributed by atoms with van der Waals surface area (Å²) in [7, 11) is -3.05. The number of nitrogens with two attached hydrogens (primary N) is 1. The van der Waals surface area contributed by atoms with Crippen molar-refractivity contribution in [2.24, 2.45) is 0 Å². The molecule has 0 aliphatic rings. The molecule has 0 unspecified atom stereocenters. The Morgan fingerprint density at radius 3 is 2.64 bits per heavy atom. The highest BCUT2D eigenvalue weighted by Crippen LogP contribution is 2.21. The molecule has 0 saturated carbocycles. The molecule has 1 aromatic rings. The Hall–Kier alpha value is -0.740. The highest BCUT2D eigenvalue weighted by molar-refractivity contribution is 7.90. The van der Waals surface area contributed by atoms with E-state index < -0.39 is 9.84 Å². The Bertz CT molecular complexity index is 428. The first-order valence-electron chi connectivity index (χ1n) is 4.19. The van der Waals surface area contributed by atoms with Gasteiger partial charge in [0.25, 0.3) is 0 Å². The zero-order valence-corrected chi connectivity index (χ0v) is 9.40. The van der Waals surface area contributed by atoms with Crippen LogP contribution in [0.15, 0.2) is 18.2 Å². The third-order valence-electron chi connectivity index (χ3n) is 1.89. The SMILES string of the molecule is CCS(=O)(=O)Cc1cc(N)ccc1Cl. The van der Waals surface area contributed by atoms with Crippen molar-refractivity contribution in [3.63, 3.8) is 0 Å². The van der Waals surface area contributed by atoms with Gasteiger partial charge < -0.3 is 5.73 Å². The zero-order valence-electron chi connectivity index (χ0n) is 7.83. The smallest absolute Gasteiger partial charge is 0.154 e. The van der Waals surface area contributed by atoms with Crippen LogP contribution < -0.4 is 5.73 Å². The first-order valence-corrected chi connectivity index (χ1v) is 6.39. The zero-order chi connectivity index (χ0) is 10.8. The van der Waals surface area contributed by atoms with Crippen LogP contribution in [0.2, 0.25) is 5.02 Å². The van der Waals surface area contributed by atoms with Crippen LogP contribution in [-0.4, -0.2) is 14.2 Å². The maximum absolute atomic E-state index is 11.3. The van der Waals surface area contributed by atoms with Gasteiger partial charge in [-0.15, -0.1) is 0 Å². The van der Waals surface area contributed by atoms with Gasteiger partial charge in [-0.05, 0) is 23.8 Å². The van der Waals surface area contributed by atoms with Gasteiger partial charge in [-0.1, -0.05) is 18.5 Å². The number of halogens is 1. The van der Waals surface area contributed by atoms with E-state index in [1.807, 2.05) is 0 Å². The second-order valence-electron chi connectivity index (χ2n) is 3.03. The molecule has 3 nitrogen and oxygen atoms in total. The molecule has 0 aliphatic carbocycles. The Labute approximate surface area is 88.8 Å².